The summed E-state index contributed by atoms with van der Waals surface area (Å²) in [6, 6.07) is 17.7. The number of rotatable bonds is 7. The molecule has 160 valence electrons. The number of hydrogen-bond acceptors (Lipinski definition) is 3. The van der Waals surface area contributed by atoms with Crippen LogP contribution in [-0.2, 0) is 11.4 Å². The quantitative estimate of drug-likeness (QED) is 0.406. The van der Waals surface area contributed by atoms with Gasteiger partial charge >= 0.3 is 5.97 Å². The third-order valence-electron chi connectivity index (χ3n) is 5.05. The van der Waals surface area contributed by atoms with E-state index in [1.807, 2.05) is 47.0 Å². The molecule has 5 nitrogen and oxygen atoms in total. The van der Waals surface area contributed by atoms with E-state index in [0.29, 0.717) is 23.6 Å². The summed E-state index contributed by atoms with van der Waals surface area (Å²) in [5, 5.41) is 9.07. The van der Waals surface area contributed by atoms with E-state index in [2.05, 4.69) is 16.8 Å². The molecule has 6 heteroatoms. The van der Waals surface area contributed by atoms with Gasteiger partial charge in [-0.1, -0.05) is 36.3 Å². The summed E-state index contributed by atoms with van der Waals surface area (Å²) >= 11 is 0. The van der Waals surface area contributed by atoms with E-state index in [-0.39, 0.29) is 18.2 Å². The fourth-order valence-electron chi connectivity index (χ4n) is 3.49. The Balaban J connectivity index is 1.46. The summed E-state index contributed by atoms with van der Waals surface area (Å²) in [5.74, 6) is 4.86. The monoisotopic (exact) mass is 428 g/mol. The van der Waals surface area contributed by atoms with Crippen molar-refractivity contribution in [3.63, 3.8) is 0 Å². The molecule has 2 aromatic heterocycles. The summed E-state index contributed by atoms with van der Waals surface area (Å²) < 4.78 is 21.8. The number of hydrogen-bond donors (Lipinski definition) is 1. The molecule has 0 spiro atoms. The van der Waals surface area contributed by atoms with E-state index in [1.165, 1.54) is 6.07 Å². The molecule has 0 aliphatic rings. The zero-order valence-electron chi connectivity index (χ0n) is 17.5. The molecule has 1 atom stereocenters. The number of carbonyl (C=O) groups is 1. The zero-order valence-corrected chi connectivity index (χ0v) is 17.5. The molecule has 0 saturated carbocycles. The van der Waals surface area contributed by atoms with Gasteiger partial charge < -0.3 is 14.2 Å². The lowest BCUT2D eigenvalue weighted by Gasteiger charge is -2.11. The van der Waals surface area contributed by atoms with Crippen LogP contribution < -0.4 is 4.74 Å². The van der Waals surface area contributed by atoms with Crippen molar-refractivity contribution in [1.82, 2.24) is 9.38 Å². The van der Waals surface area contributed by atoms with Crippen LogP contribution >= 0.6 is 0 Å². The highest BCUT2D eigenvalue weighted by Gasteiger charge is 2.13. The van der Waals surface area contributed by atoms with Gasteiger partial charge in [-0.2, -0.15) is 0 Å². The Kier molecular flexibility index (Phi) is 6.18. The minimum atomic E-state index is -0.883. The van der Waals surface area contributed by atoms with Crippen LogP contribution in [0.2, 0.25) is 0 Å². The minimum Gasteiger partial charge on any atom is -0.489 e. The van der Waals surface area contributed by atoms with Crippen LogP contribution in [0.4, 0.5) is 4.39 Å². The maximum atomic E-state index is 14.1. The highest BCUT2D eigenvalue weighted by Crippen LogP contribution is 2.24. The van der Waals surface area contributed by atoms with Gasteiger partial charge in [0.25, 0.3) is 0 Å². The lowest BCUT2D eigenvalue weighted by Crippen LogP contribution is -2.04. The minimum absolute atomic E-state index is 0.0408. The van der Waals surface area contributed by atoms with Crippen molar-refractivity contribution in [3.05, 3.63) is 90.0 Å². The van der Waals surface area contributed by atoms with Crippen molar-refractivity contribution < 1.29 is 19.0 Å². The molecule has 1 unspecified atom stereocenters. The molecule has 2 heterocycles. The topological polar surface area (TPSA) is 63.8 Å². The number of halogens is 1. The molecule has 1 N–H and O–H groups in total. The lowest BCUT2D eigenvalue weighted by molar-refractivity contribution is -0.137. The van der Waals surface area contributed by atoms with E-state index >= 15 is 0 Å². The summed E-state index contributed by atoms with van der Waals surface area (Å²) in [6.45, 7) is 2.04. The number of fused-ring (bicyclic) bond motifs is 1. The second-order valence-corrected chi connectivity index (χ2v) is 7.31. The molecule has 0 radical (unpaired) electrons. The van der Waals surface area contributed by atoms with Crippen LogP contribution in [0, 0.1) is 17.7 Å². The predicted molar refractivity (Wildman–Crippen MR) is 120 cm³/mol. The van der Waals surface area contributed by atoms with Crippen molar-refractivity contribution in [3.8, 4) is 28.8 Å². The molecule has 0 aliphatic carbocycles. The van der Waals surface area contributed by atoms with Crippen LogP contribution in [0.1, 0.15) is 30.4 Å². The lowest BCUT2D eigenvalue weighted by atomic mass is 9.96. The molecule has 0 saturated heterocycles. The van der Waals surface area contributed by atoms with Gasteiger partial charge in [-0.3, -0.25) is 4.79 Å². The van der Waals surface area contributed by atoms with Crippen LogP contribution in [0.3, 0.4) is 0 Å². The molecular formula is C26H21FN2O3. The highest BCUT2D eigenvalue weighted by molar-refractivity contribution is 5.69. The summed E-state index contributed by atoms with van der Waals surface area (Å²) in [5.41, 5.74) is 3.53. The first-order chi connectivity index (χ1) is 15.5. The van der Waals surface area contributed by atoms with Crippen molar-refractivity contribution in [1.29, 1.82) is 0 Å². The number of imidazole rings is 1. The number of aliphatic carboxylic acids is 1. The molecule has 32 heavy (non-hydrogen) atoms. The third-order valence-corrected chi connectivity index (χ3v) is 5.05. The zero-order chi connectivity index (χ0) is 22.5. The van der Waals surface area contributed by atoms with Gasteiger partial charge in [-0.25, -0.2) is 9.37 Å². The number of nitrogens with zero attached hydrogens (tertiary/aromatic N) is 2. The third kappa shape index (κ3) is 4.79. The molecule has 0 amide bonds. The van der Waals surface area contributed by atoms with Gasteiger partial charge in [0, 0.05) is 23.5 Å². The van der Waals surface area contributed by atoms with E-state index < -0.39 is 5.97 Å². The van der Waals surface area contributed by atoms with E-state index in [1.54, 1.807) is 31.3 Å². The van der Waals surface area contributed by atoms with E-state index in [0.717, 1.165) is 16.8 Å². The van der Waals surface area contributed by atoms with Crippen molar-refractivity contribution in [2.45, 2.75) is 25.9 Å². The fourth-order valence-corrected chi connectivity index (χ4v) is 3.49. The van der Waals surface area contributed by atoms with Crippen molar-refractivity contribution in [2.24, 2.45) is 0 Å². The number of ether oxygens (including phenoxy) is 1. The van der Waals surface area contributed by atoms with Crippen molar-refractivity contribution in [2.75, 3.05) is 0 Å². The fraction of sp³-hybridized carbons (Fsp3) is 0.154. The molecule has 0 aliphatic heterocycles. The Hall–Kier alpha value is -4.11. The second kappa shape index (κ2) is 9.36. The standard InChI is InChI=1S/C26H21FN2O3/c1-2-5-20(14-26(30)31)19-9-11-21(12-10-19)32-17-18-8-13-25-28-24(16-29(25)15-18)22-6-3-4-7-23(22)27/h3-4,6-13,15-16,20H,14,17H2,1H3,(H,30,31). The molecule has 4 rings (SSSR count). The van der Waals surface area contributed by atoms with Gasteiger partial charge in [0.05, 0.1) is 18.0 Å². The second-order valence-electron chi connectivity index (χ2n) is 7.31. The number of carboxylic acids is 1. The van der Waals surface area contributed by atoms with Crippen LogP contribution in [0.25, 0.3) is 16.9 Å². The summed E-state index contributed by atoms with van der Waals surface area (Å²) in [6.07, 6.45) is 3.66. The Morgan fingerprint density at radius 2 is 1.91 bits per heavy atom. The van der Waals surface area contributed by atoms with E-state index in [4.69, 9.17) is 9.84 Å². The smallest absolute Gasteiger partial charge is 0.304 e. The Morgan fingerprint density at radius 3 is 2.62 bits per heavy atom. The van der Waals surface area contributed by atoms with Crippen molar-refractivity contribution >= 4 is 11.6 Å². The first kappa shape index (κ1) is 21.1. The molecule has 4 aromatic rings. The Morgan fingerprint density at radius 1 is 1.12 bits per heavy atom. The summed E-state index contributed by atoms with van der Waals surface area (Å²) in [4.78, 5) is 15.6. The first-order valence-corrected chi connectivity index (χ1v) is 10.1. The largest absolute Gasteiger partial charge is 0.489 e. The number of pyridine rings is 1. The maximum absolute atomic E-state index is 14.1. The Labute approximate surface area is 185 Å². The van der Waals surface area contributed by atoms with Crippen LogP contribution in [0.15, 0.2) is 73.1 Å². The maximum Gasteiger partial charge on any atom is 0.304 e. The number of aromatic nitrogens is 2. The summed E-state index contributed by atoms with van der Waals surface area (Å²) in [7, 11) is 0. The molecule has 0 bridgehead atoms. The Bertz CT molecular complexity index is 1320. The van der Waals surface area contributed by atoms with Gasteiger partial charge in [0.1, 0.15) is 23.8 Å². The average Bonchev–Trinajstić information content (AvgIpc) is 3.21. The van der Waals surface area contributed by atoms with Gasteiger partial charge in [0.2, 0.25) is 0 Å². The molecular weight excluding hydrogens is 407 g/mol. The molecule has 2 aromatic carbocycles. The van der Waals surface area contributed by atoms with Gasteiger partial charge in [-0.05, 0) is 42.8 Å². The number of carboxylic acid groups (broad SMARTS) is 1. The van der Waals surface area contributed by atoms with Gasteiger partial charge in [-0.15, -0.1) is 5.92 Å². The average molecular weight is 428 g/mol. The molecule has 0 fully saturated rings. The van der Waals surface area contributed by atoms with Gasteiger partial charge in [0.15, 0.2) is 0 Å². The first-order valence-electron chi connectivity index (χ1n) is 10.1. The van der Waals surface area contributed by atoms with E-state index in [9.17, 15) is 9.18 Å². The highest BCUT2D eigenvalue weighted by atomic mass is 19.1. The predicted octanol–water partition coefficient (Wildman–Crippen LogP) is 5.30. The van der Waals surface area contributed by atoms with Crippen LogP contribution in [0.5, 0.6) is 5.75 Å². The normalized spacial score (nSPS) is 11.6. The number of benzene rings is 2. The van der Waals surface area contributed by atoms with Crippen LogP contribution in [-0.4, -0.2) is 20.5 Å². The SMILES string of the molecule is CC#CC(CC(=O)O)c1ccc(OCc2ccc3nc(-c4ccccc4F)cn3c2)cc1.